The second-order valence-electron chi connectivity index (χ2n) is 11.5. The third-order valence-corrected chi connectivity index (χ3v) is 10.3. The van der Waals surface area contributed by atoms with Crippen LogP contribution in [0.1, 0.15) is 100 Å². The molecule has 11 atom stereocenters. The van der Waals surface area contributed by atoms with Crippen molar-refractivity contribution in [3.8, 4) is 0 Å². The van der Waals surface area contributed by atoms with E-state index in [1.807, 2.05) is 0 Å². The second kappa shape index (κ2) is 8.06. The maximum Gasteiger partial charge on any atom is 0.303 e. The van der Waals surface area contributed by atoms with Crippen LogP contribution in [-0.2, 0) is 4.79 Å². The van der Waals surface area contributed by atoms with Gasteiger partial charge in [0.1, 0.15) is 0 Å². The van der Waals surface area contributed by atoms with Crippen LogP contribution in [0.2, 0.25) is 0 Å². The second-order valence-corrected chi connectivity index (χ2v) is 11.5. The molecule has 0 amide bonds. The van der Waals surface area contributed by atoms with Crippen LogP contribution in [0, 0.1) is 52.3 Å². The van der Waals surface area contributed by atoms with Gasteiger partial charge in [-0.15, -0.1) is 0 Å². The van der Waals surface area contributed by atoms with Crippen molar-refractivity contribution < 1.29 is 28.3 Å². The van der Waals surface area contributed by atoms with Gasteiger partial charge in [0.2, 0.25) is 0 Å². The summed E-state index contributed by atoms with van der Waals surface area (Å²) in [6.07, 6.45) is -0.356. The number of hydrogen-bond donors (Lipinski definition) is 3. The van der Waals surface area contributed by atoms with E-state index in [9.17, 15) is 21.5 Å². The number of aliphatic carboxylic acids is 1. The maximum absolute atomic E-state index is 12.0. The highest BCUT2D eigenvalue weighted by Crippen LogP contribution is 2.69. The lowest BCUT2D eigenvalue weighted by Gasteiger charge is -2.64. The van der Waals surface area contributed by atoms with Crippen molar-refractivity contribution in [1.82, 2.24) is 0 Å². The Morgan fingerprint density at radius 3 is 2.53 bits per heavy atom. The van der Waals surface area contributed by atoms with E-state index in [0.29, 0.717) is 19.3 Å². The molecule has 4 nitrogen and oxygen atoms in total. The first-order valence-electron chi connectivity index (χ1n) is 15.0. The number of hydrogen-bond acceptors (Lipinski definition) is 3. The third-order valence-electron chi connectivity index (χ3n) is 10.3. The van der Waals surface area contributed by atoms with E-state index in [-0.39, 0.29) is 41.9 Å². The van der Waals surface area contributed by atoms with Crippen LogP contribution >= 0.6 is 0 Å². The molecule has 4 fully saturated rings. The molecule has 0 unspecified atom stereocenters. The van der Waals surface area contributed by atoms with Crippen molar-refractivity contribution in [2.75, 3.05) is 0 Å². The Morgan fingerprint density at radius 2 is 1.83 bits per heavy atom. The minimum Gasteiger partial charge on any atom is -0.481 e. The molecular formula is C26H44O4. The van der Waals surface area contributed by atoms with E-state index < -0.39 is 54.5 Å². The fraction of sp³-hybridized carbons (Fsp3) is 0.962. The average Bonchev–Trinajstić information content (AvgIpc) is 3.09. The Labute approximate surface area is 191 Å². The SMILES string of the molecule is [2H]C([2H])([2H])C([2H])([2H])[C@@H]1[C@@H]2C[C@H](O)CC[C@]2(C)[C@H]2CC[C@]3(C)[C@@H]([C@H](C)CCC(=O)O)CC[C@H]3[C@@H]2[C@]1([2H])O. The van der Waals surface area contributed by atoms with Crippen LogP contribution in [0.5, 0.6) is 0 Å². The van der Waals surface area contributed by atoms with E-state index in [4.69, 9.17) is 6.85 Å². The van der Waals surface area contributed by atoms with Gasteiger partial charge in [-0.1, -0.05) is 34.0 Å². The molecule has 4 rings (SSSR count). The number of carbonyl (C=O) groups is 1. The van der Waals surface area contributed by atoms with Crippen LogP contribution in [0.25, 0.3) is 0 Å². The maximum atomic E-state index is 12.0. The molecule has 3 N–H and O–H groups in total. The first kappa shape index (κ1) is 16.1. The van der Waals surface area contributed by atoms with Gasteiger partial charge in [0.05, 0.1) is 13.6 Å². The molecular weight excluding hydrogens is 376 g/mol. The fourth-order valence-electron chi connectivity index (χ4n) is 8.73. The van der Waals surface area contributed by atoms with Gasteiger partial charge in [-0.3, -0.25) is 4.79 Å². The molecule has 0 saturated heterocycles. The molecule has 4 heteroatoms. The zero-order valence-corrected chi connectivity index (χ0v) is 18.7. The molecule has 172 valence electrons. The molecule has 0 aromatic heterocycles. The number of aliphatic hydroxyl groups excluding tert-OH is 1. The highest BCUT2D eigenvalue weighted by molar-refractivity contribution is 5.66. The number of fused-ring (bicyclic) bond motifs is 5. The van der Waals surface area contributed by atoms with Gasteiger partial charge in [0.15, 0.2) is 0 Å². The summed E-state index contributed by atoms with van der Waals surface area (Å²) in [5, 5.41) is 31.8. The Kier molecular flexibility index (Phi) is 4.32. The first-order chi connectivity index (χ1) is 16.4. The molecule has 0 bridgehead atoms. The standard InChI is InChI=1S/C26H44O4/c1-5-17-21-14-16(27)10-12-26(21,4)20-11-13-25(3)18(15(2)6-9-22(28)29)7-8-19(25)23(20)24(17)30/h15-21,23-24,27,30H,5-14H2,1-4H3,(H,28,29)/t15-,16-,17-,18-,19+,20+,21+,23+,24-,25-,26-/m1/s1/i1D3,5D2,24D. The first-order valence-corrected chi connectivity index (χ1v) is 12.0. The summed E-state index contributed by atoms with van der Waals surface area (Å²) in [6.45, 7) is 3.37. The smallest absolute Gasteiger partial charge is 0.303 e. The van der Waals surface area contributed by atoms with Crippen molar-refractivity contribution >= 4 is 5.97 Å². The van der Waals surface area contributed by atoms with Crippen molar-refractivity contribution in [1.29, 1.82) is 0 Å². The van der Waals surface area contributed by atoms with Crippen LogP contribution in [-0.4, -0.2) is 33.5 Å². The van der Waals surface area contributed by atoms with E-state index in [2.05, 4.69) is 20.8 Å². The van der Waals surface area contributed by atoms with Crippen LogP contribution in [0.4, 0.5) is 0 Å². The average molecular weight is 427 g/mol. The van der Waals surface area contributed by atoms with Crippen molar-refractivity contribution in [2.24, 2.45) is 52.3 Å². The molecule has 0 aromatic carbocycles. The van der Waals surface area contributed by atoms with Crippen LogP contribution in [0.15, 0.2) is 0 Å². The Bertz CT molecular complexity index is 862. The monoisotopic (exact) mass is 426 g/mol. The minimum absolute atomic E-state index is 0.0488. The Morgan fingerprint density at radius 1 is 1.13 bits per heavy atom. The summed E-state index contributed by atoms with van der Waals surface area (Å²) >= 11 is 0. The lowest BCUT2D eigenvalue weighted by molar-refractivity contribution is -0.203. The van der Waals surface area contributed by atoms with Gasteiger partial charge in [0.25, 0.3) is 0 Å². The molecule has 4 saturated carbocycles. The third kappa shape index (κ3) is 3.36. The van der Waals surface area contributed by atoms with E-state index >= 15 is 0 Å². The van der Waals surface area contributed by atoms with Gasteiger partial charge in [-0.2, -0.15) is 0 Å². The lowest BCUT2D eigenvalue weighted by Crippen LogP contribution is -2.62. The van der Waals surface area contributed by atoms with Gasteiger partial charge < -0.3 is 15.3 Å². The van der Waals surface area contributed by atoms with Gasteiger partial charge in [0, 0.05) is 13.3 Å². The molecule has 0 radical (unpaired) electrons. The summed E-state index contributed by atoms with van der Waals surface area (Å²) in [5.74, 6) is -3.11. The molecule has 30 heavy (non-hydrogen) atoms. The summed E-state index contributed by atoms with van der Waals surface area (Å²) in [5.41, 5.74) is -0.683. The molecule has 0 heterocycles. The number of carboxylic acid groups (broad SMARTS) is 1. The van der Waals surface area contributed by atoms with Gasteiger partial charge in [-0.05, 0) is 104 Å². The zero-order chi connectivity index (χ0) is 27.1. The summed E-state index contributed by atoms with van der Waals surface area (Å²) < 4.78 is 50.9. The van der Waals surface area contributed by atoms with Gasteiger partial charge >= 0.3 is 5.97 Å². The zero-order valence-electron chi connectivity index (χ0n) is 24.7. The van der Waals surface area contributed by atoms with E-state index in [0.717, 1.165) is 25.7 Å². The summed E-state index contributed by atoms with van der Waals surface area (Å²) in [4.78, 5) is 11.2. The highest BCUT2D eigenvalue weighted by Gasteiger charge is 2.64. The molecule has 0 aromatic rings. The number of carboxylic acids is 1. The van der Waals surface area contributed by atoms with E-state index in [1.165, 1.54) is 0 Å². The number of rotatable bonds is 5. The Hall–Kier alpha value is -0.610. The summed E-state index contributed by atoms with van der Waals surface area (Å²) in [7, 11) is 0. The van der Waals surface area contributed by atoms with Gasteiger partial charge in [-0.25, -0.2) is 0 Å². The van der Waals surface area contributed by atoms with Crippen molar-refractivity contribution in [2.45, 2.75) is 104 Å². The van der Waals surface area contributed by atoms with Crippen molar-refractivity contribution in [3.63, 3.8) is 0 Å². The van der Waals surface area contributed by atoms with Crippen LogP contribution < -0.4 is 0 Å². The number of aliphatic hydroxyl groups is 2. The molecule has 4 aliphatic rings. The fourth-order valence-corrected chi connectivity index (χ4v) is 8.73. The minimum atomic E-state index is -3.01. The predicted octanol–water partition coefficient (Wildman–Crippen LogP) is 5.11. The van der Waals surface area contributed by atoms with E-state index in [1.54, 1.807) is 0 Å². The van der Waals surface area contributed by atoms with Crippen LogP contribution in [0.3, 0.4) is 0 Å². The topological polar surface area (TPSA) is 77.8 Å². The normalized spacial score (nSPS) is 57.8. The molecule has 0 aliphatic heterocycles. The molecule has 4 aliphatic carbocycles. The highest BCUT2D eigenvalue weighted by atomic mass is 16.4. The summed E-state index contributed by atoms with van der Waals surface area (Å²) in [6, 6.07) is 0. The molecule has 0 spiro atoms. The lowest BCUT2D eigenvalue weighted by atomic mass is 9.41. The van der Waals surface area contributed by atoms with Crippen molar-refractivity contribution in [3.05, 3.63) is 0 Å². The Balaban J connectivity index is 1.78. The quantitative estimate of drug-likeness (QED) is 0.570. The largest absolute Gasteiger partial charge is 0.481 e. The predicted molar refractivity (Wildman–Crippen MR) is 118 cm³/mol.